The van der Waals surface area contributed by atoms with Crippen LogP contribution in [0.15, 0.2) is 11.6 Å². The Bertz CT molecular complexity index is 818. The van der Waals surface area contributed by atoms with E-state index < -0.39 is 16.5 Å². The quantitative estimate of drug-likeness (QED) is 0.318. The van der Waals surface area contributed by atoms with Gasteiger partial charge >= 0.3 is 10.4 Å². The maximum atomic E-state index is 11.2. The topological polar surface area (TPSA) is 63.6 Å². The minimum absolute atomic E-state index is 0.171. The van der Waals surface area contributed by atoms with Crippen LogP contribution < -0.4 is 0 Å². The molecule has 0 bridgehead atoms. The van der Waals surface area contributed by atoms with Gasteiger partial charge in [0.25, 0.3) is 0 Å². The third-order valence-electron chi connectivity index (χ3n) is 10.5. The third-order valence-corrected chi connectivity index (χ3v) is 11.0. The van der Waals surface area contributed by atoms with Crippen LogP contribution in [0.3, 0.4) is 0 Å². The van der Waals surface area contributed by atoms with Gasteiger partial charge < -0.3 is 0 Å². The van der Waals surface area contributed by atoms with Crippen LogP contribution in [0, 0.1) is 46.3 Å². The van der Waals surface area contributed by atoms with Crippen molar-refractivity contribution >= 4 is 10.4 Å². The van der Waals surface area contributed by atoms with Crippen molar-refractivity contribution in [3.63, 3.8) is 0 Å². The zero-order chi connectivity index (χ0) is 23.3. The summed E-state index contributed by atoms with van der Waals surface area (Å²) in [5.41, 5.74) is 2.05. The lowest BCUT2D eigenvalue weighted by molar-refractivity contribution is -0.0560. The molecule has 8 atom stereocenters. The zero-order valence-electron chi connectivity index (χ0n) is 21.0. The molecule has 4 nitrogen and oxygen atoms in total. The van der Waals surface area contributed by atoms with Gasteiger partial charge in [0.1, 0.15) is 0 Å². The van der Waals surface area contributed by atoms with Crippen LogP contribution in [0.2, 0.25) is 0 Å². The predicted molar refractivity (Wildman–Crippen MR) is 129 cm³/mol. The van der Waals surface area contributed by atoms with E-state index in [1.807, 2.05) is 0 Å². The highest BCUT2D eigenvalue weighted by Gasteiger charge is 2.59. The second-order valence-corrected chi connectivity index (χ2v) is 13.7. The van der Waals surface area contributed by atoms with E-state index in [-0.39, 0.29) is 5.41 Å². The molecule has 0 saturated heterocycles. The maximum Gasteiger partial charge on any atom is 0.397 e. The molecule has 0 aromatic carbocycles. The average Bonchev–Trinajstić information content (AvgIpc) is 3.04. The van der Waals surface area contributed by atoms with Crippen molar-refractivity contribution in [2.45, 2.75) is 111 Å². The molecule has 4 aliphatic carbocycles. The zero-order valence-corrected chi connectivity index (χ0v) is 21.8. The normalized spacial score (nSPS) is 42.7. The van der Waals surface area contributed by atoms with E-state index in [4.69, 9.17) is 8.74 Å². The minimum atomic E-state index is -4.38. The molecule has 0 unspecified atom stereocenters. The molecule has 0 spiro atoms. The van der Waals surface area contributed by atoms with Crippen LogP contribution >= 0.6 is 0 Å². The van der Waals surface area contributed by atoms with Crippen molar-refractivity contribution < 1.29 is 17.2 Å². The molecule has 3 fully saturated rings. The molecular formula is C27H46O4S. The average molecular weight is 467 g/mol. The van der Waals surface area contributed by atoms with Crippen LogP contribution in [-0.4, -0.2) is 19.1 Å². The lowest BCUT2D eigenvalue weighted by Gasteiger charge is -2.58. The van der Waals surface area contributed by atoms with E-state index in [1.54, 1.807) is 0 Å². The summed E-state index contributed by atoms with van der Waals surface area (Å²) in [6, 6.07) is 0. The van der Waals surface area contributed by atoms with Gasteiger partial charge in [-0.1, -0.05) is 65.5 Å². The molecular weight excluding hydrogens is 420 g/mol. The molecule has 0 heterocycles. The second kappa shape index (κ2) is 9.00. The first-order valence-electron chi connectivity index (χ1n) is 13.3. The second-order valence-electron chi connectivity index (χ2n) is 12.7. The summed E-state index contributed by atoms with van der Waals surface area (Å²) < 4.78 is 36.6. The number of hydrogen-bond acceptors (Lipinski definition) is 3. The highest BCUT2D eigenvalue weighted by Crippen LogP contribution is 2.67. The summed E-state index contributed by atoms with van der Waals surface area (Å²) in [4.78, 5) is 0. The Morgan fingerprint density at radius 3 is 2.50 bits per heavy atom. The molecule has 5 heteroatoms. The molecule has 32 heavy (non-hydrogen) atoms. The predicted octanol–water partition coefficient (Wildman–Crippen LogP) is 7.22. The summed E-state index contributed by atoms with van der Waals surface area (Å²) in [6.45, 7) is 12.3. The first kappa shape index (κ1) is 24.7. The molecule has 184 valence electrons. The largest absolute Gasteiger partial charge is 0.397 e. The van der Waals surface area contributed by atoms with Crippen LogP contribution in [0.4, 0.5) is 0 Å². The van der Waals surface area contributed by atoms with Crippen LogP contribution in [0.5, 0.6) is 0 Å². The van der Waals surface area contributed by atoms with Gasteiger partial charge in [0, 0.05) is 0 Å². The van der Waals surface area contributed by atoms with Crippen molar-refractivity contribution in [3.05, 3.63) is 11.6 Å². The van der Waals surface area contributed by atoms with Gasteiger partial charge in [-0.15, -0.1) is 0 Å². The highest BCUT2D eigenvalue weighted by molar-refractivity contribution is 7.80. The van der Waals surface area contributed by atoms with Gasteiger partial charge in [-0.3, -0.25) is 4.55 Å². The molecule has 4 aliphatic rings. The number of rotatable bonds is 7. The minimum Gasteiger partial charge on any atom is -0.264 e. The number of allylic oxidation sites excluding steroid dienone is 1. The van der Waals surface area contributed by atoms with Crippen molar-refractivity contribution in [1.82, 2.24) is 0 Å². The molecule has 0 aliphatic heterocycles. The van der Waals surface area contributed by atoms with Crippen molar-refractivity contribution in [1.29, 1.82) is 0 Å². The molecule has 0 aromatic rings. The number of fused-ring (bicyclic) bond motifs is 5. The van der Waals surface area contributed by atoms with Crippen molar-refractivity contribution in [2.24, 2.45) is 46.3 Å². The summed E-state index contributed by atoms with van der Waals surface area (Å²) in [6.07, 6.45) is 15.1. The Morgan fingerprint density at radius 2 is 1.81 bits per heavy atom. The Labute approximate surface area is 196 Å². The van der Waals surface area contributed by atoms with Gasteiger partial charge in [0.05, 0.1) is 6.10 Å². The molecule has 1 N–H and O–H groups in total. The molecule has 0 amide bonds. The Hall–Kier alpha value is -0.390. The van der Waals surface area contributed by atoms with E-state index in [1.165, 1.54) is 50.5 Å². The highest BCUT2D eigenvalue weighted by atomic mass is 32.3. The molecule has 0 aromatic heterocycles. The van der Waals surface area contributed by atoms with Crippen LogP contribution in [0.25, 0.3) is 0 Å². The number of hydrogen-bond donors (Lipinski definition) is 1. The lowest BCUT2D eigenvalue weighted by Crippen LogP contribution is -2.51. The van der Waals surface area contributed by atoms with E-state index in [0.717, 1.165) is 42.4 Å². The summed E-state index contributed by atoms with van der Waals surface area (Å²) in [5.74, 6) is 4.83. The standard InChI is InChI=1S/C27H46O4S/c1-18(2)7-6-8-19(3)23-11-12-24-22-10-9-20-17-21(31-32(28,29)30)13-15-26(20,4)25(22)14-16-27(23,24)5/h9,18-19,21-25H,6-8,10-17H2,1-5H3,(H,28,29,30)/t19-,21-,22-,23+,24+,25-,26-,27+/m0/s1. The maximum absolute atomic E-state index is 11.2. The van der Waals surface area contributed by atoms with Gasteiger partial charge in [-0.05, 0) is 97.7 Å². The van der Waals surface area contributed by atoms with Crippen molar-refractivity contribution in [3.8, 4) is 0 Å². The van der Waals surface area contributed by atoms with Gasteiger partial charge in [0.2, 0.25) is 0 Å². The summed E-state index contributed by atoms with van der Waals surface area (Å²) in [7, 11) is -4.38. The Morgan fingerprint density at radius 1 is 1.06 bits per heavy atom. The third kappa shape index (κ3) is 4.60. The van der Waals surface area contributed by atoms with Gasteiger partial charge in [0.15, 0.2) is 0 Å². The molecule has 4 rings (SSSR count). The summed E-state index contributed by atoms with van der Waals surface area (Å²) >= 11 is 0. The smallest absolute Gasteiger partial charge is 0.264 e. The van der Waals surface area contributed by atoms with Crippen molar-refractivity contribution in [2.75, 3.05) is 0 Å². The SMILES string of the molecule is CC(C)CCC[C@H](C)[C@H]1CC[C@@H]2[C@@H]3CC=C4C[C@@H](OS(=O)(=O)O)CC[C@]4(C)[C@H]3CC[C@@]21C. The monoisotopic (exact) mass is 466 g/mol. The fraction of sp³-hybridized carbons (Fsp3) is 0.926. The van der Waals surface area contributed by atoms with Gasteiger partial charge in [-0.25, -0.2) is 4.18 Å². The van der Waals surface area contributed by atoms with E-state index >= 15 is 0 Å². The lowest BCUT2D eigenvalue weighted by atomic mass is 9.47. The first-order chi connectivity index (χ1) is 14.9. The van der Waals surface area contributed by atoms with Crippen LogP contribution in [-0.2, 0) is 14.6 Å². The first-order valence-corrected chi connectivity index (χ1v) is 14.7. The molecule has 0 radical (unpaired) electrons. The van der Waals surface area contributed by atoms with E-state index in [2.05, 4.69) is 40.7 Å². The Kier molecular flexibility index (Phi) is 6.95. The Balaban J connectivity index is 1.47. The summed E-state index contributed by atoms with van der Waals surface area (Å²) in [5, 5.41) is 0. The van der Waals surface area contributed by atoms with E-state index in [9.17, 15) is 8.42 Å². The van der Waals surface area contributed by atoms with Crippen LogP contribution in [0.1, 0.15) is 105 Å². The van der Waals surface area contributed by atoms with E-state index in [0.29, 0.717) is 24.2 Å². The van der Waals surface area contributed by atoms with Gasteiger partial charge in [-0.2, -0.15) is 8.42 Å². The fourth-order valence-electron chi connectivity index (χ4n) is 8.91. The molecule has 3 saturated carbocycles. The fourth-order valence-corrected chi connectivity index (χ4v) is 9.41.